The molecule has 0 atom stereocenters. The van der Waals surface area contributed by atoms with E-state index in [0.717, 1.165) is 12.8 Å². The molecule has 0 unspecified atom stereocenters. The number of hydrogen-bond donors (Lipinski definition) is 1. The van der Waals surface area contributed by atoms with E-state index in [-0.39, 0.29) is 5.56 Å². The summed E-state index contributed by atoms with van der Waals surface area (Å²) in [5, 5.41) is 8.82. The van der Waals surface area contributed by atoms with E-state index in [9.17, 15) is 9.18 Å². The number of aromatic carboxylic acids is 1. The first-order valence-electron chi connectivity index (χ1n) is 7.24. The Bertz CT molecular complexity index is 418. The van der Waals surface area contributed by atoms with E-state index in [4.69, 9.17) is 9.84 Å². The second kappa shape index (κ2) is 9.48. The molecular formula is C16H23FO3. The molecule has 0 aliphatic carbocycles. The maximum absolute atomic E-state index is 13.2. The van der Waals surface area contributed by atoms with E-state index in [1.165, 1.54) is 37.8 Å². The molecule has 0 heterocycles. The van der Waals surface area contributed by atoms with Gasteiger partial charge in [0, 0.05) is 6.61 Å². The maximum Gasteiger partial charge on any atom is 0.338 e. The Balaban J connectivity index is 2.22. The van der Waals surface area contributed by atoms with E-state index >= 15 is 0 Å². The number of carboxylic acid groups (broad SMARTS) is 1. The predicted molar refractivity (Wildman–Crippen MR) is 76.4 cm³/mol. The minimum Gasteiger partial charge on any atom is -0.478 e. The number of carbonyl (C=O) groups is 1. The molecule has 4 heteroatoms. The van der Waals surface area contributed by atoms with Crippen LogP contribution in [0.25, 0.3) is 0 Å². The lowest BCUT2D eigenvalue weighted by Gasteiger charge is -2.06. The van der Waals surface area contributed by atoms with Gasteiger partial charge >= 0.3 is 5.97 Å². The van der Waals surface area contributed by atoms with Crippen molar-refractivity contribution in [1.82, 2.24) is 0 Å². The Morgan fingerprint density at radius 1 is 1.20 bits per heavy atom. The number of ether oxygens (including phenoxy) is 1. The van der Waals surface area contributed by atoms with Gasteiger partial charge in [0.05, 0.1) is 12.2 Å². The number of benzene rings is 1. The van der Waals surface area contributed by atoms with Crippen molar-refractivity contribution in [3.8, 4) is 0 Å². The molecular weight excluding hydrogens is 259 g/mol. The Morgan fingerprint density at radius 2 is 1.90 bits per heavy atom. The summed E-state index contributed by atoms with van der Waals surface area (Å²) < 4.78 is 18.7. The lowest BCUT2D eigenvalue weighted by atomic mass is 10.1. The molecule has 1 aromatic rings. The third kappa shape index (κ3) is 6.15. The Kier molecular flexibility index (Phi) is 7.88. The fourth-order valence-corrected chi connectivity index (χ4v) is 2.00. The molecule has 0 aliphatic heterocycles. The molecule has 0 fully saturated rings. The summed E-state index contributed by atoms with van der Waals surface area (Å²) in [6.07, 6.45) is 7.20. The highest BCUT2D eigenvalue weighted by molar-refractivity contribution is 5.88. The van der Waals surface area contributed by atoms with Gasteiger partial charge in [-0.2, -0.15) is 0 Å². The van der Waals surface area contributed by atoms with Crippen LogP contribution in [0.1, 0.15) is 61.4 Å². The first-order valence-corrected chi connectivity index (χ1v) is 7.24. The molecule has 0 spiro atoms. The van der Waals surface area contributed by atoms with Gasteiger partial charge in [-0.05, 0) is 24.1 Å². The number of carboxylic acids is 1. The lowest BCUT2D eigenvalue weighted by Crippen LogP contribution is -2.03. The van der Waals surface area contributed by atoms with Gasteiger partial charge < -0.3 is 9.84 Å². The van der Waals surface area contributed by atoms with Crippen LogP contribution in [-0.4, -0.2) is 17.7 Å². The molecule has 20 heavy (non-hydrogen) atoms. The molecule has 0 saturated heterocycles. The van der Waals surface area contributed by atoms with Gasteiger partial charge in [0.15, 0.2) is 0 Å². The highest BCUT2D eigenvalue weighted by Crippen LogP contribution is 2.12. The fourth-order valence-electron chi connectivity index (χ4n) is 2.00. The highest BCUT2D eigenvalue weighted by atomic mass is 19.1. The second-order valence-electron chi connectivity index (χ2n) is 4.94. The molecule has 3 nitrogen and oxygen atoms in total. The van der Waals surface area contributed by atoms with E-state index in [1.54, 1.807) is 6.07 Å². The largest absolute Gasteiger partial charge is 0.478 e. The van der Waals surface area contributed by atoms with Gasteiger partial charge in [-0.25, -0.2) is 9.18 Å². The summed E-state index contributed by atoms with van der Waals surface area (Å²) in [4.78, 5) is 10.8. The Labute approximate surface area is 119 Å². The van der Waals surface area contributed by atoms with Gasteiger partial charge in [-0.3, -0.25) is 0 Å². The number of unbranched alkanes of at least 4 members (excludes halogenated alkanes) is 5. The third-order valence-corrected chi connectivity index (χ3v) is 3.17. The lowest BCUT2D eigenvalue weighted by molar-refractivity contribution is 0.0691. The molecule has 0 saturated carbocycles. The monoisotopic (exact) mass is 282 g/mol. The van der Waals surface area contributed by atoms with E-state index < -0.39 is 11.8 Å². The average molecular weight is 282 g/mol. The van der Waals surface area contributed by atoms with Gasteiger partial charge in [-0.15, -0.1) is 0 Å². The van der Waals surface area contributed by atoms with Crippen molar-refractivity contribution < 1.29 is 19.0 Å². The Morgan fingerprint density at radius 3 is 2.60 bits per heavy atom. The van der Waals surface area contributed by atoms with Gasteiger partial charge in [0.25, 0.3) is 0 Å². The summed E-state index contributed by atoms with van der Waals surface area (Å²) in [7, 11) is 0. The summed E-state index contributed by atoms with van der Waals surface area (Å²) in [6.45, 7) is 3.18. The van der Waals surface area contributed by atoms with Crippen LogP contribution in [0.3, 0.4) is 0 Å². The Hall–Kier alpha value is -1.42. The maximum atomic E-state index is 13.2. The summed E-state index contributed by atoms with van der Waals surface area (Å²) >= 11 is 0. The zero-order valence-corrected chi connectivity index (χ0v) is 12.0. The van der Waals surface area contributed by atoms with E-state index in [0.29, 0.717) is 18.8 Å². The van der Waals surface area contributed by atoms with Crippen LogP contribution in [-0.2, 0) is 11.3 Å². The molecule has 0 amide bonds. The zero-order valence-electron chi connectivity index (χ0n) is 12.0. The smallest absolute Gasteiger partial charge is 0.338 e. The van der Waals surface area contributed by atoms with Crippen LogP contribution in [0.4, 0.5) is 4.39 Å². The van der Waals surface area contributed by atoms with Crippen LogP contribution in [0, 0.1) is 5.82 Å². The highest BCUT2D eigenvalue weighted by Gasteiger charge is 2.10. The number of rotatable bonds is 10. The van der Waals surface area contributed by atoms with Crippen molar-refractivity contribution in [3.63, 3.8) is 0 Å². The molecule has 1 rings (SSSR count). The third-order valence-electron chi connectivity index (χ3n) is 3.17. The summed E-state index contributed by atoms with van der Waals surface area (Å²) in [6, 6.07) is 4.06. The number of halogens is 1. The molecule has 0 radical (unpaired) electrons. The number of hydrogen-bond acceptors (Lipinski definition) is 2. The predicted octanol–water partition coefficient (Wildman–Crippen LogP) is 4.40. The molecule has 0 aliphatic rings. The van der Waals surface area contributed by atoms with Crippen molar-refractivity contribution in [2.24, 2.45) is 0 Å². The van der Waals surface area contributed by atoms with Crippen molar-refractivity contribution in [1.29, 1.82) is 0 Å². The van der Waals surface area contributed by atoms with Crippen molar-refractivity contribution in [2.45, 2.75) is 52.1 Å². The molecule has 1 N–H and O–H groups in total. The van der Waals surface area contributed by atoms with Gasteiger partial charge in [0.2, 0.25) is 0 Å². The summed E-state index contributed by atoms with van der Waals surface area (Å²) in [5.41, 5.74) is 0.389. The van der Waals surface area contributed by atoms with Crippen LogP contribution in [0.2, 0.25) is 0 Å². The quantitative estimate of drug-likeness (QED) is 0.647. The average Bonchev–Trinajstić information content (AvgIpc) is 2.43. The first-order chi connectivity index (χ1) is 9.65. The van der Waals surface area contributed by atoms with Crippen LogP contribution in [0.15, 0.2) is 18.2 Å². The van der Waals surface area contributed by atoms with Crippen molar-refractivity contribution in [2.75, 3.05) is 6.61 Å². The van der Waals surface area contributed by atoms with Crippen molar-refractivity contribution >= 4 is 5.97 Å². The fraction of sp³-hybridized carbons (Fsp3) is 0.562. The van der Waals surface area contributed by atoms with Crippen LogP contribution < -0.4 is 0 Å². The molecule has 0 bridgehead atoms. The van der Waals surface area contributed by atoms with Crippen molar-refractivity contribution in [3.05, 3.63) is 35.1 Å². The summed E-state index contributed by atoms with van der Waals surface area (Å²) in [5.74, 6) is -1.96. The van der Waals surface area contributed by atoms with Crippen LogP contribution in [0.5, 0.6) is 0 Å². The minimum absolute atomic E-state index is 0.300. The van der Waals surface area contributed by atoms with E-state index in [2.05, 4.69) is 6.92 Å². The standard InChI is InChI=1S/C16H23FO3/c1-2-3-4-5-6-7-10-20-12-13-8-9-15(17)14(11-13)16(18)19/h8-9,11H,2-7,10,12H2,1H3,(H,18,19). The van der Waals surface area contributed by atoms with E-state index in [1.807, 2.05) is 0 Å². The van der Waals surface area contributed by atoms with Gasteiger partial charge in [-0.1, -0.05) is 45.1 Å². The SMILES string of the molecule is CCCCCCCCOCc1ccc(F)c(C(=O)O)c1. The topological polar surface area (TPSA) is 46.5 Å². The van der Waals surface area contributed by atoms with Gasteiger partial charge in [0.1, 0.15) is 5.82 Å². The zero-order chi connectivity index (χ0) is 14.8. The second-order valence-corrected chi connectivity index (χ2v) is 4.94. The normalized spacial score (nSPS) is 10.7. The molecule has 112 valence electrons. The first kappa shape index (κ1) is 16.6. The minimum atomic E-state index is -1.25. The van der Waals surface area contributed by atoms with Crippen LogP contribution >= 0.6 is 0 Å². The molecule has 0 aromatic heterocycles. The molecule has 1 aromatic carbocycles.